The van der Waals surface area contributed by atoms with Crippen molar-refractivity contribution in [2.24, 2.45) is 0 Å². The van der Waals surface area contributed by atoms with Gasteiger partial charge in [0.15, 0.2) is 5.15 Å². The summed E-state index contributed by atoms with van der Waals surface area (Å²) < 4.78 is 1.59. The summed E-state index contributed by atoms with van der Waals surface area (Å²) in [5, 5.41) is 4.48. The second-order valence-corrected chi connectivity index (χ2v) is 5.65. The fourth-order valence-corrected chi connectivity index (χ4v) is 2.42. The molecule has 0 atom stereocenters. The largest absolute Gasteiger partial charge is 0.345 e. The molecular weight excluding hydrogens is 330 g/mol. The fraction of sp³-hybridized carbons (Fsp3) is 0.375. The second-order valence-electron chi connectivity index (χ2n) is 5.29. The third kappa shape index (κ3) is 4.11. The number of nitrogens with zero attached hydrogens (tertiary/aromatic N) is 5. The average molecular weight is 350 g/mol. The minimum Gasteiger partial charge on any atom is -0.345 e. The first-order valence-electron chi connectivity index (χ1n) is 7.61. The summed E-state index contributed by atoms with van der Waals surface area (Å²) in [5.41, 5.74) is 1.30. The van der Waals surface area contributed by atoms with E-state index in [0.717, 1.165) is 5.69 Å². The van der Waals surface area contributed by atoms with Gasteiger partial charge in [0.2, 0.25) is 11.8 Å². The van der Waals surface area contributed by atoms with Gasteiger partial charge in [0.05, 0.1) is 18.1 Å². The molecule has 0 spiro atoms. The van der Waals surface area contributed by atoms with Crippen LogP contribution in [0.4, 0.5) is 5.69 Å². The molecule has 0 aliphatic heterocycles. The predicted octanol–water partition coefficient (Wildman–Crippen LogP) is 2.14. The van der Waals surface area contributed by atoms with Crippen LogP contribution < -0.4 is 4.90 Å². The standard InChI is InChI=1S/C16H20ClN5O2/c1-4-21(15(24)7-9-20(3)12(2)23)14-11-22(19-16(14)17)13-6-5-8-18-10-13/h5-6,8,10-11H,4,7,9H2,1-3H3. The average Bonchev–Trinajstić information content (AvgIpc) is 2.96. The number of carbonyl (C=O) groups is 2. The van der Waals surface area contributed by atoms with E-state index in [1.807, 2.05) is 13.0 Å². The number of amides is 2. The molecular formula is C16H20ClN5O2. The maximum absolute atomic E-state index is 12.5. The molecule has 24 heavy (non-hydrogen) atoms. The molecule has 2 amide bonds. The van der Waals surface area contributed by atoms with Gasteiger partial charge in [0.25, 0.3) is 0 Å². The SMILES string of the molecule is CCN(C(=O)CCN(C)C(C)=O)c1cn(-c2cccnc2)nc1Cl. The van der Waals surface area contributed by atoms with Crippen LogP contribution in [0.1, 0.15) is 20.3 Å². The molecule has 7 nitrogen and oxygen atoms in total. The second kappa shape index (κ2) is 7.92. The first-order valence-corrected chi connectivity index (χ1v) is 7.99. The van der Waals surface area contributed by atoms with Crippen LogP contribution in [-0.4, -0.2) is 51.6 Å². The van der Waals surface area contributed by atoms with Crippen molar-refractivity contribution in [3.63, 3.8) is 0 Å². The zero-order valence-electron chi connectivity index (χ0n) is 13.9. The van der Waals surface area contributed by atoms with Gasteiger partial charge in [-0.1, -0.05) is 11.6 Å². The number of hydrogen-bond donors (Lipinski definition) is 0. The summed E-state index contributed by atoms with van der Waals surface area (Å²) in [6.45, 7) is 4.15. The van der Waals surface area contributed by atoms with Gasteiger partial charge >= 0.3 is 0 Å². The molecule has 0 unspecified atom stereocenters. The van der Waals surface area contributed by atoms with Gasteiger partial charge in [-0.3, -0.25) is 14.6 Å². The molecule has 2 heterocycles. The van der Waals surface area contributed by atoms with Crippen LogP contribution in [0.3, 0.4) is 0 Å². The number of anilines is 1. The molecule has 0 N–H and O–H groups in total. The van der Waals surface area contributed by atoms with Gasteiger partial charge in [-0.25, -0.2) is 4.68 Å². The molecule has 2 aromatic rings. The zero-order valence-corrected chi connectivity index (χ0v) is 14.7. The van der Waals surface area contributed by atoms with Gasteiger partial charge in [-0.05, 0) is 19.1 Å². The molecule has 8 heteroatoms. The van der Waals surface area contributed by atoms with Crippen LogP contribution in [0, 0.1) is 0 Å². The lowest BCUT2D eigenvalue weighted by molar-refractivity contribution is -0.128. The van der Waals surface area contributed by atoms with E-state index in [-0.39, 0.29) is 23.4 Å². The summed E-state index contributed by atoms with van der Waals surface area (Å²) in [4.78, 5) is 30.8. The maximum atomic E-state index is 12.5. The smallest absolute Gasteiger partial charge is 0.228 e. The summed E-state index contributed by atoms with van der Waals surface area (Å²) in [5.74, 6) is -0.188. The highest BCUT2D eigenvalue weighted by Crippen LogP contribution is 2.26. The minimum absolute atomic E-state index is 0.0757. The van der Waals surface area contributed by atoms with Crippen molar-refractivity contribution in [1.82, 2.24) is 19.7 Å². The highest BCUT2D eigenvalue weighted by molar-refractivity contribution is 6.32. The first kappa shape index (κ1) is 17.9. The number of halogens is 1. The third-order valence-electron chi connectivity index (χ3n) is 3.67. The Hall–Kier alpha value is -2.41. The number of carbonyl (C=O) groups excluding carboxylic acids is 2. The zero-order chi connectivity index (χ0) is 17.7. The lowest BCUT2D eigenvalue weighted by atomic mass is 10.3. The van der Waals surface area contributed by atoms with Gasteiger partial charge < -0.3 is 9.80 Å². The van der Waals surface area contributed by atoms with Crippen molar-refractivity contribution >= 4 is 29.1 Å². The number of hydrogen-bond acceptors (Lipinski definition) is 4. The summed E-state index contributed by atoms with van der Waals surface area (Å²) in [7, 11) is 1.67. The summed E-state index contributed by atoms with van der Waals surface area (Å²) in [6, 6.07) is 3.64. The Bertz CT molecular complexity index is 717. The molecule has 0 saturated heterocycles. The van der Waals surface area contributed by atoms with E-state index >= 15 is 0 Å². The Labute approximate surface area is 145 Å². The van der Waals surface area contributed by atoms with Crippen LogP contribution in [-0.2, 0) is 9.59 Å². The van der Waals surface area contributed by atoms with Gasteiger partial charge in [-0.15, -0.1) is 0 Å². The normalized spacial score (nSPS) is 10.5. The Morgan fingerprint density at radius 3 is 2.71 bits per heavy atom. The van der Waals surface area contributed by atoms with Crippen molar-refractivity contribution in [2.45, 2.75) is 20.3 Å². The van der Waals surface area contributed by atoms with Crippen molar-refractivity contribution in [2.75, 3.05) is 25.0 Å². The molecule has 0 aromatic carbocycles. The van der Waals surface area contributed by atoms with Crippen LogP contribution in [0.2, 0.25) is 5.15 Å². The molecule has 0 radical (unpaired) electrons. The minimum atomic E-state index is -0.113. The molecule has 0 saturated carbocycles. The van der Waals surface area contributed by atoms with Gasteiger partial charge in [0.1, 0.15) is 5.69 Å². The van der Waals surface area contributed by atoms with E-state index in [0.29, 0.717) is 18.8 Å². The van der Waals surface area contributed by atoms with E-state index in [1.54, 1.807) is 41.3 Å². The molecule has 0 fully saturated rings. The molecule has 0 bridgehead atoms. The van der Waals surface area contributed by atoms with Crippen molar-refractivity contribution in [1.29, 1.82) is 0 Å². The number of aromatic nitrogens is 3. The number of rotatable bonds is 6. The van der Waals surface area contributed by atoms with Gasteiger partial charge in [0, 0.05) is 39.7 Å². The molecule has 2 rings (SSSR count). The molecule has 0 aliphatic rings. The monoisotopic (exact) mass is 349 g/mol. The molecule has 128 valence electrons. The molecule has 0 aliphatic carbocycles. The van der Waals surface area contributed by atoms with Crippen LogP contribution in [0.25, 0.3) is 5.69 Å². The van der Waals surface area contributed by atoms with E-state index in [9.17, 15) is 9.59 Å². The maximum Gasteiger partial charge on any atom is 0.228 e. The van der Waals surface area contributed by atoms with E-state index in [2.05, 4.69) is 10.1 Å². The van der Waals surface area contributed by atoms with Crippen LogP contribution in [0.5, 0.6) is 0 Å². The summed E-state index contributed by atoms with van der Waals surface area (Å²) >= 11 is 6.21. The topological polar surface area (TPSA) is 71.3 Å². The lowest BCUT2D eigenvalue weighted by Crippen LogP contribution is -2.34. The lowest BCUT2D eigenvalue weighted by Gasteiger charge is -2.21. The van der Waals surface area contributed by atoms with E-state index < -0.39 is 0 Å². The van der Waals surface area contributed by atoms with Crippen molar-refractivity contribution in [3.05, 3.63) is 35.9 Å². The Balaban J connectivity index is 2.17. The fourth-order valence-electron chi connectivity index (χ4n) is 2.18. The van der Waals surface area contributed by atoms with Gasteiger partial charge in [-0.2, -0.15) is 5.10 Å². The first-order chi connectivity index (χ1) is 11.4. The van der Waals surface area contributed by atoms with Crippen molar-refractivity contribution < 1.29 is 9.59 Å². The summed E-state index contributed by atoms with van der Waals surface area (Å²) in [6.07, 6.45) is 5.25. The Kier molecular flexibility index (Phi) is 5.92. The Morgan fingerprint density at radius 1 is 1.38 bits per heavy atom. The van der Waals surface area contributed by atoms with Crippen LogP contribution in [0.15, 0.2) is 30.7 Å². The number of pyridine rings is 1. The van der Waals surface area contributed by atoms with E-state index in [1.165, 1.54) is 11.8 Å². The van der Waals surface area contributed by atoms with E-state index in [4.69, 9.17) is 11.6 Å². The van der Waals surface area contributed by atoms with Crippen LogP contribution >= 0.6 is 11.6 Å². The predicted molar refractivity (Wildman–Crippen MR) is 92.3 cm³/mol. The molecule has 2 aromatic heterocycles. The van der Waals surface area contributed by atoms with Crippen molar-refractivity contribution in [3.8, 4) is 5.69 Å². The quantitative estimate of drug-likeness (QED) is 0.801. The highest BCUT2D eigenvalue weighted by atomic mass is 35.5. The third-order valence-corrected chi connectivity index (χ3v) is 3.94. The Morgan fingerprint density at radius 2 is 2.12 bits per heavy atom. The highest BCUT2D eigenvalue weighted by Gasteiger charge is 2.20.